The molecule has 0 fully saturated rings. The molecule has 0 radical (unpaired) electrons. The molecule has 0 aliphatic rings. The fourth-order valence-corrected chi connectivity index (χ4v) is 1.02. The highest BCUT2D eigenvalue weighted by molar-refractivity contribution is 5.31. The number of aromatic nitrogens is 1. The Morgan fingerprint density at radius 1 is 1.15 bits per heavy atom. The molecule has 0 aromatic carbocycles. The van der Waals surface area contributed by atoms with Gasteiger partial charge in [0, 0.05) is 12.1 Å². The number of methoxy groups -OCH3 is 2. The smallest absolute Gasteiger partial charge is 0.216 e. The summed E-state index contributed by atoms with van der Waals surface area (Å²) in [6, 6.07) is 3.69. The van der Waals surface area contributed by atoms with Crippen molar-refractivity contribution in [3.05, 3.63) is 17.8 Å². The van der Waals surface area contributed by atoms with Crippen LogP contribution in [-0.2, 0) is 0 Å². The Morgan fingerprint density at radius 3 is 2.31 bits per heavy atom. The van der Waals surface area contributed by atoms with E-state index in [0.717, 1.165) is 11.4 Å². The molecule has 0 atom stereocenters. The predicted molar refractivity (Wildman–Crippen MR) is 51.4 cm³/mol. The van der Waals surface area contributed by atoms with Gasteiger partial charge in [0.25, 0.3) is 0 Å². The summed E-state index contributed by atoms with van der Waals surface area (Å²) in [4.78, 5) is 4.30. The molecular weight excluding hydrogens is 166 g/mol. The van der Waals surface area contributed by atoms with Gasteiger partial charge in [0.05, 0.1) is 19.9 Å². The first-order valence-corrected chi connectivity index (χ1v) is 4.27. The van der Waals surface area contributed by atoms with Crippen molar-refractivity contribution in [1.82, 2.24) is 4.98 Å². The summed E-state index contributed by atoms with van der Waals surface area (Å²) >= 11 is 0. The second-order valence-corrected chi connectivity index (χ2v) is 3.13. The Bertz CT molecular complexity index is 262. The first kappa shape index (κ1) is 9.84. The van der Waals surface area contributed by atoms with Crippen LogP contribution in [0.3, 0.4) is 0 Å². The molecule has 1 rings (SSSR count). The van der Waals surface area contributed by atoms with Gasteiger partial charge in [-0.3, -0.25) is 0 Å². The maximum atomic E-state index is 5.13. The van der Waals surface area contributed by atoms with Crippen LogP contribution in [0, 0.1) is 0 Å². The van der Waals surface area contributed by atoms with Crippen LogP contribution < -0.4 is 9.47 Å². The molecule has 1 heterocycles. The number of nitrogens with zero attached hydrogens (tertiary/aromatic N) is 1. The SMILES string of the molecule is COc1cc(OC)nc(C(C)C)c1. The Balaban J connectivity index is 3.07. The number of hydrogen-bond donors (Lipinski definition) is 0. The van der Waals surface area contributed by atoms with Crippen LogP contribution in [0.5, 0.6) is 11.6 Å². The molecule has 72 valence electrons. The van der Waals surface area contributed by atoms with Crippen LogP contribution in [-0.4, -0.2) is 19.2 Å². The van der Waals surface area contributed by atoms with Gasteiger partial charge >= 0.3 is 0 Å². The summed E-state index contributed by atoms with van der Waals surface area (Å²) < 4.78 is 10.2. The lowest BCUT2D eigenvalue weighted by Gasteiger charge is -2.09. The molecule has 1 aromatic rings. The highest BCUT2D eigenvalue weighted by Crippen LogP contribution is 2.23. The second-order valence-electron chi connectivity index (χ2n) is 3.13. The van der Waals surface area contributed by atoms with E-state index in [0.29, 0.717) is 11.8 Å². The van der Waals surface area contributed by atoms with Gasteiger partial charge in [0.15, 0.2) is 0 Å². The minimum Gasteiger partial charge on any atom is -0.496 e. The fraction of sp³-hybridized carbons (Fsp3) is 0.500. The van der Waals surface area contributed by atoms with E-state index in [1.807, 2.05) is 6.07 Å². The molecule has 0 spiro atoms. The third kappa shape index (κ3) is 2.34. The average molecular weight is 181 g/mol. The summed E-state index contributed by atoms with van der Waals surface area (Å²) in [5.41, 5.74) is 0.983. The van der Waals surface area contributed by atoms with Crippen molar-refractivity contribution < 1.29 is 9.47 Å². The Hall–Kier alpha value is -1.25. The molecule has 0 N–H and O–H groups in total. The zero-order chi connectivity index (χ0) is 9.84. The van der Waals surface area contributed by atoms with Gasteiger partial charge in [-0.25, -0.2) is 4.98 Å². The number of rotatable bonds is 3. The minimum absolute atomic E-state index is 0.379. The number of pyridine rings is 1. The van der Waals surface area contributed by atoms with Crippen LogP contribution in [0.25, 0.3) is 0 Å². The van der Waals surface area contributed by atoms with Gasteiger partial charge < -0.3 is 9.47 Å². The summed E-state index contributed by atoms with van der Waals surface area (Å²) in [5, 5.41) is 0. The standard InChI is InChI=1S/C10H15NO2/c1-7(2)9-5-8(12-3)6-10(11-9)13-4/h5-7H,1-4H3. The van der Waals surface area contributed by atoms with Crippen LogP contribution in [0.15, 0.2) is 12.1 Å². The third-order valence-electron chi connectivity index (χ3n) is 1.83. The molecule has 0 aliphatic carbocycles. The first-order chi connectivity index (χ1) is 6.17. The molecule has 0 unspecified atom stereocenters. The van der Waals surface area contributed by atoms with E-state index >= 15 is 0 Å². The number of hydrogen-bond acceptors (Lipinski definition) is 3. The van der Waals surface area contributed by atoms with Gasteiger partial charge in [0.1, 0.15) is 5.75 Å². The Labute approximate surface area is 78.7 Å². The first-order valence-electron chi connectivity index (χ1n) is 4.27. The predicted octanol–water partition coefficient (Wildman–Crippen LogP) is 2.22. The zero-order valence-electron chi connectivity index (χ0n) is 8.50. The van der Waals surface area contributed by atoms with Gasteiger partial charge in [-0.15, -0.1) is 0 Å². The molecule has 13 heavy (non-hydrogen) atoms. The molecule has 0 saturated carbocycles. The van der Waals surface area contributed by atoms with Gasteiger partial charge in [-0.1, -0.05) is 13.8 Å². The van der Waals surface area contributed by atoms with E-state index in [1.165, 1.54) is 0 Å². The maximum Gasteiger partial charge on any atom is 0.216 e. The highest BCUT2D eigenvalue weighted by atomic mass is 16.5. The average Bonchev–Trinajstić information content (AvgIpc) is 2.16. The lowest BCUT2D eigenvalue weighted by atomic mass is 10.1. The van der Waals surface area contributed by atoms with Crippen molar-refractivity contribution in [2.75, 3.05) is 14.2 Å². The summed E-state index contributed by atoms with van der Waals surface area (Å²) in [5.74, 6) is 1.77. The van der Waals surface area contributed by atoms with E-state index in [4.69, 9.17) is 9.47 Å². The minimum atomic E-state index is 0.379. The summed E-state index contributed by atoms with van der Waals surface area (Å²) in [6.45, 7) is 4.17. The lowest BCUT2D eigenvalue weighted by Crippen LogP contribution is -1.97. The Morgan fingerprint density at radius 2 is 1.85 bits per heavy atom. The molecule has 0 bridgehead atoms. The van der Waals surface area contributed by atoms with E-state index in [-0.39, 0.29) is 0 Å². The van der Waals surface area contributed by atoms with E-state index in [2.05, 4.69) is 18.8 Å². The summed E-state index contributed by atoms with van der Waals surface area (Å²) in [7, 11) is 3.24. The highest BCUT2D eigenvalue weighted by Gasteiger charge is 2.06. The topological polar surface area (TPSA) is 31.4 Å². The largest absolute Gasteiger partial charge is 0.496 e. The Kier molecular flexibility index (Phi) is 3.12. The number of ether oxygens (including phenoxy) is 2. The van der Waals surface area contributed by atoms with E-state index in [9.17, 15) is 0 Å². The monoisotopic (exact) mass is 181 g/mol. The molecule has 3 heteroatoms. The summed E-state index contributed by atoms with van der Waals surface area (Å²) in [6.07, 6.45) is 0. The van der Waals surface area contributed by atoms with Crippen LogP contribution in [0.4, 0.5) is 0 Å². The maximum absolute atomic E-state index is 5.13. The van der Waals surface area contributed by atoms with Crippen LogP contribution >= 0.6 is 0 Å². The van der Waals surface area contributed by atoms with Crippen molar-refractivity contribution in [2.24, 2.45) is 0 Å². The van der Waals surface area contributed by atoms with Gasteiger partial charge in [-0.2, -0.15) is 0 Å². The van der Waals surface area contributed by atoms with Crippen molar-refractivity contribution >= 4 is 0 Å². The molecule has 1 aromatic heterocycles. The van der Waals surface area contributed by atoms with Crippen molar-refractivity contribution in [3.8, 4) is 11.6 Å². The normalized spacial score (nSPS) is 10.2. The fourth-order valence-electron chi connectivity index (χ4n) is 1.02. The van der Waals surface area contributed by atoms with Gasteiger partial charge in [-0.05, 0) is 5.92 Å². The molecule has 0 amide bonds. The van der Waals surface area contributed by atoms with Crippen molar-refractivity contribution in [1.29, 1.82) is 0 Å². The quantitative estimate of drug-likeness (QED) is 0.716. The molecule has 0 saturated heterocycles. The molecule has 0 aliphatic heterocycles. The van der Waals surface area contributed by atoms with Crippen LogP contribution in [0.1, 0.15) is 25.5 Å². The van der Waals surface area contributed by atoms with Crippen LogP contribution in [0.2, 0.25) is 0 Å². The zero-order valence-corrected chi connectivity index (χ0v) is 8.50. The lowest BCUT2D eigenvalue weighted by molar-refractivity contribution is 0.379. The van der Waals surface area contributed by atoms with Gasteiger partial charge in [0.2, 0.25) is 5.88 Å². The third-order valence-corrected chi connectivity index (χ3v) is 1.83. The van der Waals surface area contributed by atoms with E-state index in [1.54, 1.807) is 20.3 Å². The van der Waals surface area contributed by atoms with Crippen molar-refractivity contribution in [2.45, 2.75) is 19.8 Å². The van der Waals surface area contributed by atoms with Crippen molar-refractivity contribution in [3.63, 3.8) is 0 Å². The second kappa shape index (κ2) is 4.12. The van der Waals surface area contributed by atoms with E-state index < -0.39 is 0 Å². The molecular formula is C10H15NO2. The molecule has 3 nitrogen and oxygen atoms in total.